The van der Waals surface area contributed by atoms with E-state index in [9.17, 15) is 19.2 Å². The summed E-state index contributed by atoms with van der Waals surface area (Å²) in [5, 5.41) is 6.66. The SMILES string of the molecule is CCC(=O)O[C@H]1C[C@@H]2C[C@H]3[C@](NC)(CN2[C@@H](C)C1)C[C@]1(C(=O)Nc2c(C(=O)[C@H]4OC4(C)C)cccc21)[C@]3(C)C=O. The summed E-state index contributed by atoms with van der Waals surface area (Å²) in [5.74, 6) is -0.700. The largest absolute Gasteiger partial charge is 0.462 e. The standard InChI is InChI=1S/C31H41N3O6/c1-7-23(36)39-19-11-17(2)34-15-30(32-6)14-31(29(5,16-35)22(30)13-18(34)12-19)21-10-8-9-20(24(21)33-27(31)38)25(37)26-28(3,4)40-26/h8-10,16-19,22,26,32H,7,11-15H2,1-6H3,(H,33,38)/t17-,18+,19+,22+,26+,29+,30+,31-/m0/s1. The second kappa shape index (κ2) is 8.94. The van der Waals surface area contributed by atoms with Crippen molar-refractivity contribution in [1.82, 2.24) is 10.2 Å². The summed E-state index contributed by atoms with van der Waals surface area (Å²) < 4.78 is 11.4. The molecule has 40 heavy (non-hydrogen) atoms. The number of carbonyl (C=O) groups excluding carboxylic acids is 4. The first-order valence-electron chi connectivity index (χ1n) is 14.6. The molecule has 9 heteroatoms. The molecule has 1 aromatic carbocycles. The molecule has 216 valence electrons. The molecule has 2 N–H and O–H groups in total. The lowest BCUT2D eigenvalue weighted by Crippen LogP contribution is -2.67. The third kappa shape index (κ3) is 3.56. The summed E-state index contributed by atoms with van der Waals surface area (Å²) >= 11 is 0. The number of rotatable bonds is 6. The quantitative estimate of drug-likeness (QED) is 0.240. The second-order valence-corrected chi connectivity index (χ2v) is 13.4. The highest BCUT2D eigenvalue weighted by atomic mass is 16.6. The molecule has 1 amide bonds. The molecule has 1 saturated carbocycles. The number of ketones is 1. The van der Waals surface area contributed by atoms with Crippen molar-refractivity contribution < 1.29 is 28.7 Å². The van der Waals surface area contributed by atoms with Crippen molar-refractivity contribution in [2.75, 3.05) is 18.9 Å². The molecule has 1 aromatic rings. The molecule has 4 fully saturated rings. The van der Waals surface area contributed by atoms with Gasteiger partial charge >= 0.3 is 5.97 Å². The summed E-state index contributed by atoms with van der Waals surface area (Å²) in [4.78, 5) is 55.5. The van der Waals surface area contributed by atoms with Crippen LogP contribution in [0.2, 0.25) is 0 Å². The van der Waals surface area contributed by atoms with Crippen molar-refractivity contribution in [1.29, 1.82) is 0 Å². The van der Waals surface area contributed by atoms with Crippen LogP contribution in [0.4, 0.5) is 5.69 Å². The summed E-state index contributed by atoms with van der Waals surface area (Å²) in [6.07, 6.45) is 3.26. The first kappa shape index (κ1) is 27.5. The van der Waals surface area contributed by atoms with Crippen molar-refractivity contribution in [2.45, 2.75) is 108 Å². The van der Waals surface area contributed by atoms with Gasteiger partial charge in [0.05, 0.1) is 16.7 Å². The maximum atomic E-state index is 14.2. The third-order valence-electron chi connectivity index (χ3n) is 11.0. The van der Waals surface area contributed by atoms with Crippen LogP contribution in [0.1, 0.15) is 82.6 Å². The number of carbonyl (C=O) groups is 4. The van der Waals surface area contributed by atoms with Gasteiger partial charge in [-0.05, 0) is 64.6 Å². The van der Waals surface area contributed by atoms with E-state index in [0.717, 1.165) is 18.3 Å². The van der Waals surface area contributed by atoms with Crippen LogP contribution in [0.15, 0.2) is 18.2 Å². The Morgan fingerprint density at radius 3 is 2.58 bits per heavy atom. The van der Waals surface area contributed by atoms with Gasteiger partial charge in [0, 0.05) is 48.0 Å². The van der Waals surface area contributed by atoms with Gasteiger partial charge in [-0.25, -0.2) is 0 Å². The molecule has 1 spiro atoms. The van der Waals surface area contributed by atoms with Gasteiger partial charge in [0.15, 0.2) is 5.78 Å². The Kier molecular flexibility index (Phi) is 6.15. The van der Waals surface area contributed by atoms with Crippen LogP contribution in [-0.2, 0) is 29.3 Å². The number of hydrogen-bond donors (Lipinski definition) is 2. The summed E-state index contributed by atoms with van der Waals surface area (Å²) in [5.41, 5.74) is -1.49. The minimum absolute atomic E-state index is 0.130. The molecule has 0 aromatic heterocycles. The molecule has 0 radical (unpaired) electrons. The predicted octanol–water partition coefficient (Wildman–Crippen LogP) is 3.00. The van der Waals surface area contributed by atoms with Crippen molar-refractivity contribution in [2.24, 2.45) is 11.3 Å². The first-order valence-corrected chi connectivity index (χ1v) is 14.6. The maximum Gasteiger partial charge on any atom is 0.305 e. The van der Waals surface area contributed by atoms with Crippen LogP contribution < -0.4 is 10.6 Å². The minimum atomic E-state index is -1.13. The number of nitrogens with zero attached hydrogens (tertiary/aromatic N) is 1. The number of fused-ring (bicyclic) bond motifs is 4. The van der Waals surface area contributed by atoms with E-state index in [0.29, 0.717) is 43.5 Å². The van der Waals surface area contributed by atoms with Gasteiger partial charge in [-0.1, -0.05) is 26.0 Å². The fraction of sp³-hybridized carbons (Fsp3) is 0.677. The van der Waals surface area contributed by atoms with Gasteiger partial charge in [0.1, 0.15) is 18.5 Å². The number of amides is 1. The molecule has 0 bridgehead atoms. The van der Waals surface area contributed by atoms with Crippen LogP contribution in [0.3, 0.4) is 0 Å². The lowest BCUT2D eigenvalue weighted by atomic mass is 9.59. The molecular formula is C31H41N3O6. The van der Waals surface area contributed by atoms with E-state index >= 15 is 0 Å². The van der Waals surface area contributed by atoms with Crippen molar-refractivity contribution in [3.05, 3.63) is 29.3 Å². The molecule has 3 saturated heterocycles. The summed E-state index contributed by atoms with van der Waals surface area (Å²) in [6, 6.07) is 5.79. The summed E-state index contributed by atoms with van der Waals surface area (Å²) in [7, 11) is 1.93. The van der Waals surface area contributed by atoms with Crippen LogP contribution in [0, 0.1) is 11.3 Å². The van der Waals surface area contributed by atoms with Crippen molar-refractivity contribution in [3.8, 4) is 0 Å². The summed E-state index contributed by atoms with van der Waals surface area (Å²) in [6.45, 7) is 10.3. The number of nitrogens with one attached hydrogen (secondary N) is 2. The van der Waals surface area contributed by atoms with Crippen molar-refractivity contribution >= 4 is 29.6 Å². The lowest BCUT2D eigenvalue weighted by molar-refractivity contribution is -0.156. The van der Waals surface area contributed by atoms with Gasteiger partial charge in [0.25, 0.3) is 0 Å². The number of likely N-dealkylation sites (N-methyl/N-ethyl adjacent to an activating group) is 1. The number of hydrogen-bond acceptors (Lipinski definition) is 8. The van der Waals surface area contributed by atoms with Gasteiger partial charge in [-0.2, -0.15) is 0 Å². The van der Waals surface area contributed by atoms with E-state index in [-0.39, 0.29) is 41.8 Å². The first-order chi connectivity index (χ1) is 18.9. The zero-order valence-electron chi connectivity index (χ0n) is 24.3. The molecule has 5 aliphatic rings. The van der Waals surface area contributed by atoms with E-state index in [1.165, 1.54) is 0 Å². The second-order valence-electron chi connectivity index (χ2n) is 13.4. The number of Topliss-reactive ketones (excluding diaryl/α,β-unsaturated/α-hetero) is 1. The zero-order valence-corrected chi connectivity index (χ0v) is 24.3. The number of ether oxygens (including phenoxy) is 2. The molecule has 4 aliphatic heterocycles. The van der Waals surface area contributed by atoms with Crippen LogP contribution in [0.5, 0.6) is 0 Å². The number of para-hydroxylation sites is 1. The molecule has 9 nitrogen and oxygen atoms in total. The highest BCUT2D eigenvalue weighted by Crippen LogP contribution is 2.67. The third-order valence-corrected chi connectivity index (χ3v) is 11.0. The smallest absolute Gasteiger partial charge is 0.305 e. The van der Waals surface area contributed by atoms with Crippen LogP contribution in [-0.4, -0.2) is 77.9 Å². The Labute approximate surface area is 235 Å². The van der Waals surface area contributed by atoms with E-state index in [1.807, 2.05) is 40.0 Å². The number of piperidine rings is 2. The number of epoxide rings is 1. The Balaban J connectivity index is 1.41. The topological polar surface area (TPSA) is 117 Å². The highest BCUT2D eigenvalue weighted by Gasteiger charge is 2.74. The average Bonchev–Trinajstić information content (AvgIpc) is 3.38. The Bertz CT molecular complexity index is 1300. The Morgan fingerprint density at radius 1 is 1.23 bits per heavy atom. The monoisotopic (exact) mass is 551 g/mol. The average molecular weight is 552 g/mol. The van der Waals surface area contributed by atoms with Crippen LogP contribution in [0.25, 0.3) is 0 Å². The highest BCUT2D eigenvalue weighted by molar-refractivity contribution is 6.16. The number of aldehydes is 1. The number of anilines is 1. The van der Waals surface area contributed by atoms with E-state index in [2.05, 4.69) is 22.5 Å². The number of esters is 1. The molecule has 4 heterocycles. The van der Waals surface area contributed by atoms with Gasteiger partial charge in [0.2, 0.25) is 5.91 Å². The van der Waals surface area contributed by atoms with E-state index in [1.54, 1.807) is 13.0 Å². The lowest BCUT2D eigenvalue weighted by Gasteiger charge is -2.55. The molecular weight excluding hydrogens is 510 g/mol. The minimum Gasteiger partial charge on any atom is -0.462 e. The fourth-order valence-corrected chi connectivity index (χ4v) is 8.79. The molecule has 6 rings (SSSR count). The fourth-order valence-electron chi connectivity index (χ4n) is 8.79. The number of benzene rings is 1. The maximum absolute atomic E-state index is 14.2. The Hall–Kier alpha value is -2.62. The van der Waals surface area contributed by atoms with Crippen molar-refractivity contribution in [3.63, 3.8) is 0 Å². The van der Waals surface area contributed by atoms with Gasteiger partial charge in [-0.3, -0.25) is 19.3 Å². The zero-order chi connectivity index (χ0) is 28.8. The van der Waals surface area contributed by atoms with Gasteiger partial charge < -0.3 is 24.9 Å². The normalized spacial score (nSPS) is 41.0. The predicted molar refractivity (Wildman–Crippen MR) is 148 cm³/mol. The molecule has 0 unspecified atom stereocenters. The van der Waals surface area contributed by atoms with E-state index in [4.69, 9.17) is 9.47 Å². The molecule has 1 aliphatic carbocycles. The van der Waals surface area contributed by atoms with Gasteiger partial charge in [-0.15, -0.1) is 0 Å². The Morgan fingerprint density at radius 2 is 1.95 bits per heavy atom. The van der Waals surface area contributed by atoms with E-state index < -0.39 is 28.1 Å². The molecule has 8 atom stereocenters. The van der Waals surface area contributed by atoms with Crippen LogP contribution >= 0.6 is 0 Å².